The third-order valence-electron chi connectivity index (χ3n) is 4.47. The van der Waals surface area contributed by atoms with E-state index in [2.05, 4.69) is 22.6 Å². The van der Waals surface area contributed by atoms with Gasteiger partial charge in [-0.1, -0.05) is 13.3 Å². The van der Waals surface area contributed by atoms with Crippen molar-refractivity contribution in [1.82, 2.24) is 10.3 Å². The number of nitrogens with one attached hydrogen (secondary N) is 1. The minimum absolute atomic E-state index is 0.691. The molecule has 2 aliphatic rings. The fourth-order valence-corrected chi connectivity index (χ4v) is 4.37. The second-order valence-corrected chi connectivity index (χ2v) is 6.51. The standard InChI is InChI=1S/C14H22N2S/c1-2-6-15-12(9-13-16-7-8-17-13)14-10-4-3-5-11(10)14/h7-8,10-12,14-15H,2-6,9H2,1H3. The highest BCUT2D eigenvalue weighted by molar-refractivity contribution is 7.09. The highest BCUT2D eigenvalue weighted by Gasteiger charge is 2.55. The number of nitrogens with zero attached hydrogens (tertiary/aromatic N) is 1. The molecule has 2 nitrogen and oxygen atoms in total. The van der Waals surface area contributed by atoms with Crippen molar-refractivity contribution in [3.8, 4) is 0 Å². The van der Waals surface area contributed by atoms with E-state index in [4.69, 9.17) is 0 Å². The molecule has 0 aromatic carbocycles. The third kappa shape index (κ3) is 2.41. The van der Waals surface area contributed by atoms with Crippen molar-refractivity contribution in [2.75, 3.05) is 6.54 Å². The molecule has 3 rings (SSSR count). The van der Waals surface area contributed by atoms with Gasteiger partial charge >= 0.3 is 0 Å². The largest absolute Gasteiger partial charge is 0.313 e. The Morgan fingerprint density at radius 3 is 2.94 bits per heavy atom. The van der Waals surface area contributed by atoms with Gasteiger partial charge in [-0.25, -0.2) is 4.98 Å². The lowest BCUT2D eigenvalue weighted by atomic mass is 10.0. The van der Waals surface area contributed by atoms with Gasteiger partial charge in [-0.2, -0.15) is 0 Å². The molecule has 0 aliphatic heterocycles. The molecule has 0 bridgehead atoms. The Morgan fingerprint density at radius 1 is 1.47 bits per heavy atom. The van der Waals surface area contributed by atoms with E-state index in [-0.39, 0.29) is 0 Å². The molecule has 1 aromatic rings. The summed E-state index contributed by atoms with van der Waals surface area (Å²) < 4.78 is 0. The van der Waals surface area contributed by atoms with E-state index in [1.807, 2.05) is 6.20 Å². The zero-order valence-electron chi connectivity index (χ0n) is 10.6. The molecule has 2 fully saturated rings. The van der Waals surface area contributed by atoms with Gasteiger partial charge in [0.05, 0.1) is 5.01 Å². The van der Waals surface area contributed by atoms with E-state index >= 15 is 0 Å². The van der Waals surface area contributed by atoms with Crippen molar-refractivity contribution >= 4 is 11.3 Å². The maximum Gasteiger partial charge on any atom is 0.0940 e. The van der Waals surface area contributed by atoms with Crippen LogP contribution in [0.2, 0.25) is 0 Å². The van der Waals surface area contributed by atoms with E-state index in [1.54, 1.807) is 11.3 Å². The lowest BCUT2D eigenvalue weighted by molar-refractivity contribution is 0.403. The van der Waals surface area contributed by atoms with Crippen LogP contribution < -0.4 is 5.32 Å². The molecule has 2 aliphatic carbocycles. The zero-order valence-corrected chi connectivity index (χ0v) is 11.4. The summed E-state index contributed by atoms with van der Waals surface area (Å²) in [6, 6.07) is 0.691. The fraction of sp³-hybridized carbons (Fsp3) is 0.786. The van der Waals surface area contributed by atoms with Crippen molar-refractivity contribution in [1.29, 1.82) is 0 Å². The summed E-state index contributed by atoms with van der Waals surface area (Å²) in [6.45, 7) is 3.41. The Morgan fingerprint density at radius 2 is 2.29 bits per heavy atom. The maximum atomic E-state index is 4.45. The molecule has 1 N–H and O–H groups in total. The summed E-state index contributed by atoms with van der Waals surface area (Å²) in [6.07, 6.45) is 8.76. The fourth-order valence-electron chi connectivity index (χ4n) is 3.69. The molecule has 2 saturated carbocycles. The number of hydrogen-bond donors (Lipinski definition) is 1. The summed E-state index contributed by atoms with van der Waals surface area (Å²) in [4.78, 5) is 4.45. The first-order chi connectivity index (χ1) is 8.40. The van der Waals surface area contributed by atoms with Crippen LogP contribution in [0.4, 0.5) is 0 Å². The van der Waals surface area contributed by atoms with Gasteiger partial charge in [-0.05, 0) is 43.6 Å². The molecular formula is C14H22N2S. The van der Waals surface area contributed by atoms with Gasteiger partial charge in [0, 0.05) is 24.0 Å². The monoisotopic (exact) mass is 250 g/mol. The first-order valence-electron chi connectivity index (χ1n) is 7.02. The van der Waals surface area contributed by atoms with Gasteiger partial charge in [0.1, 0.15) is 0 Å². The molecule has 17 heavy (non-hydrogen) atoms. The van der Waals surface area contributed by atoms with Crippen LogP contribution in [0.3, 0.4) is 0 Å². The van der Waals surface area contributed by atoms with Crippen LogP contribution in [0, 0.1) is 17.8 Å². The predicted molar refractivity (Wildman–Crippen MR) is 72.2 cm³/mol. The van der Waals surface area contributed by atoms with Crippen molar-refractivity contribution in [3.05, 3.63) is 16.6 Å². The Labute approximate surface area is 108 Å². The van der Waals surface area contributed by atoms with Crippen LogP contribution in [0.15, 0.2) is 11.6 Å². The SMILES string of the molecule is CCCNC(Cc1nccs1)C1C2CCCC21. The highest BCUT2D eigenvalue weighted by atomic mass is 32.1. The average Bonchev–Trinajstić information content (AvgIpc) is 2.81. The van der Waals surface area contributed by atoms with Crippen LogP contribution in [0.1, 0.15) is 37.6 Å². The molecule has 0 radical (unpaired) electrons. The van der Waals surface area contributed by atoms with E-state index in [9.17, 15) is 0 Å². The summed E-state index contributed by atoms with van der Waals surface area (Å²) in [7, 11) is 0. The van der Waals surface area contributed by atoms with E-state index in [1.165, 1.54) is 30.7 Å². The normalized spacial score (nSPS) is 32.4. The van der Waals surface area contributed by atoms with Crippen molar-refractivity contribution in [3.63, 3.8) is 0 Å². The Hall–Kier alpha value is -0.410. The van der Waals surface area contributed by atoms with Gasteiger partial charge in [0.2, 0.25) is 0 Å². The molecule has 3 heteroatoms. The van der Waals surface area contributed by atoms with E-state index in [0.29, 0.717) is 6.04 Å². The first-order valence-corrected chi connectivity index (χ1v) is 7.90. The quantitative estimate of drug-likeness (QED) is 0.839. The molecule has 1 aromatic heterocycles. The van der Waals surface area contributed by atoms with Gasteiger partial charge in [-0.15, -0.1) is 11.3 Å². The van der Waals surface area contributed by atoms with Crippen LogP contribution in [0.25, 0.3) is 0 Å². The first kappa shape index (κ1) is 11.7. The number of aromatic nitrogens is 1. The number of fused-ring (bicyclic) bond motifs is 1. The number of thiazole rings is 1. The van der Waals surface area contributed by atoms with Crippen LogP contribution in [0.5, 0.6) is 0 Å². The summed E-state index contributed by atoms with van der Waals surface area (Å²) in [5, 5.41) is 7.17. The minimum atomic E-state index is 0.691. The van der Waals surface area contributed by atoms with E-state index in [0.717, 1.165) is 30.7 Å². The Kier molecular flexibility index (Phi) is 3.48. The van der Waals surface area contributed by atoms with Crippen LogP contribution in [-0.4, -0.2) is 17.6 Å². The topological polar surface area (TPSA) is 24.9 Å². The van der Waals surface area contributed by atoms with Crippen molar-refractivity contribution in [2.45, 2.75) is 45.1 Å². The molecule has 0 saturated heterocycles. The molecule has 94 valence electrons. The van der Waals surface area contributed by atoms with Crippen LogP contribution >= 0.6 is 11.3 Å². The predicted octanol–water partition coefficient (Wildman–Crippen LogP) is 3.10. The number of rotatable bonds is 6. The highest BCUT2D eigenvalue weighted by Crippen LogP contribution is 2.59. The van der Waals surface area contributed by atoms with Gasteiger partial charge in [0.15, 0.2) is 0 Å². The molecule has 3 unspecified atom stereocenters. The summed E-state index contributed by atoms with van der Waals surface area (Å²) in [5.41, 5.74) is 0. The number of hydrogen-bond acceptors (Lipinski definition) is 3. The van der Waals surface area contributed by atoms with Crippen LogP contribution in [-0.2, 0) is 6.42 Å². The van der Waals surface area contributed by atoms with Crippen molar-refractivity contribution < 1.29 is 0 Å². The average molecular weight is 250 g/mol. The van der Waals surface area contributed by atoms with Crippen molar-refractivity contribution in [2.24, 2.45) is 17.8 Å². The summed E-state index contributed by atoms with van der Waals surface area (Å²) >= 11 is 1.81. The molecule has 0 amide bonds. The van der Waals surface area contributed by atoms with Gasteiger partial charge in [-0.3, -0.25) is 0 Å². The molecular weight excluding hydrogens is 228 g/mol. The molecule has 1 heterocycles. The smallest absolute Gasteiger partial charge is 0.0940 e. The Balaban J connectivity index is 1.61. The Bertz CT molecular complexity index is 339. The van der Waals surface area contributed by atoms with Gasteiger partial charge in [0.25, 0.3) is 0 Å². The van der Waals surface area contributed by atoms with Gasteiger partial charge < -0.3 is 5.32 Å². The summed E-state index contributed by atoms with van der Waals surface area (Å²) in [5.74, 6) is 3.05. The lowest BCUT2D eigenvalue weighted by Crippen LogP contribution is -2.35. The van der Waals surface area contributed by atoms with E-state index < -0.39 is 0 Å². The minimum Gasteiger partial charge on any atom is -0.313 e. The maximum absolute atomic E-state index is 4.45. The second-order valence-electron chi connectivity index (χ2n) is 5.53. The third-order valence-corrected chi connectivity index (χ3v) is 5.27. The molecule has 0 spiro atoms. The molecule has 3 atom stereocenters. The second kappa shape index (κ2) is 5.07. The zero-order chi connectivity index (χ0) is 11.7. The lowest BCUT2D eigenvalue weighted by Gasteiger charge is -2.19.